The maximum absolute atomic E-state index is 8.52. The van der Waals surface area contributed by atoms with Crippen molar-refractivity contribution in [3.8, 4) is 0 Å². The van der Waals surface area contributed by atoms with Crippen LogP contribution in [0.15, 0.2) is 0 Å². The van der Waals surface area contributed by atoms with E-state index >= 15 is 0 Å². The molecule has 0 saturated carbocycles. The van der Waals surface area contributed by atoms with Gasteiger partial charge < -0.3 is 5.11 Å². The SMILES string of the molecule is CC(C)(C)O.Cl. The van der Waals surface area contributed by atoms with Crippen LogP contribution in [-0.2, 0) is 0 Å². The first-order chi connectivity index (χ1) is 2.00. The van der Waals surface area contributed by atoms with E-state index in [1.807, 2.05) is 0 Å². The Morgan fingerprint density at radius 3 is 1.17 bits per heavy atom. The fourth-order valence-electron chi connectivity index (χ4n) is 0. The van der Waals surface area contributed by atoms with Crippen LogP contribution >= 0.6 is 12.4 Å². The summed E-state index contributed by atoms with van der Waals surface area (Å²) in [7, 11) is 0. The summed E-state index contributed by atoms with van der Waals surface area (Å²) in [6.45, 7) is 5.23. The summed E-state index contributed by atoms with van der Waals surface area (Å²) in [5.74, 6) is 0. The van der Waals surface area contributed by atoms with Crippen LogP contribution in [0, 0.1) is 0 Å². The first kappa shape index (κ1) is 9.54. The maximum Gasteiger partial charge on any atom is 0.0563 e. The van der Waals surface area contributed by atoms with Gasteiger partial charge >= 0.3 is 0 Å². The molecule has 2 heteroatoms. The van der Waals surface area contributed by atoms with Crippen LogP contribution < -0.4 is 0 Å². The van der Waals surface area contributed by atoms with E-state index in [0.717, 1.165) is 0 Å². The highest BCUT2D eigenvalue weighted by Crippen LogP contribution is 1.93. The molecule has 0 bridgehead atoms. The molecule has 1 nitrogen and oxygen atoms in total. The topological polar surface area (TPSA) is 20.2 Å². The number of aliphatic hydroxyl groups is 1. The van der Waals surface area contributed by atoms with Crippen molar-refractivity contribution in [2.75, 3.05) is 0 Å². The van der Waals surface area contributed by atoms with Gasteiger partial charge in [-0.25, -0.2) is 0 Å². The summed E-state index contributed by atoms with van der Waals surface area (Å²) in [4.78, 5) is 0. The third-order valence-corrected chi connectivity index (χ3v) is 0. The zero-order valence-electron chi connectivity index (χ0n) is 4.36. The third-order valence-electron chi connectivity index (χ3n) is 0. The van der Waals surface area contributed by atoms with Gasteiger partial charge in [0.2, 0.25) is 0 Å². The van der Waals surface area contributed by atoms with Crippen molar-refractivity contribution in [2.24, 2.45) is 0 Å². The lowest BCUT2D eigenvalue weighted by Gasteiger charge is -2.04. The summed E-state index contributed by atoms with van der Waals surface area (Å²) in [5, 5.41) is 8.52. The van der Waals surface area contributed by atoms with E-state index in [1.54, 1.807) is 20.8 Å². The highest BCUT2D eigenvalue weighted by Gasteiger charge is 1.97. The molecule has 0 rings (SSSR count). The Balaban J connectivity index is 0. The smallest absolute Gasteiger partial charge is 0.0563 e. The molecule has 0 aliphatic heterocycles. The van der Waals surface area contributed by atoms with Gasteiger partial charge in [-0.1, -0.05) is 0 Å². The summed E-state index contributed by atoms with van der Waals surface area (Å²) < 4.78 is 0. The Kier molecular flexibility index (Phi) is 3.86. The standard InChI is InChI=1S/C4H10O.ClH/c1-4(2,3)5;/h5H,1-3H3;1H. The molecule has 1 N–H and O–H groups in total. The molecule has 0 aromatic carbocycles. The minimum Gasteiger partial charge on any atom is -0.391 e. The molecule has 0 fully saturated rings. The first-order valence-corrected chi connectivity index (χ1v) is 1.72. The van der Waals surface area contributed by atoms with Gasteiger partial charge in [0.25, 0.3) is 0 Å². The highest BCUT2D eigenvalue weighted by molar-refractivity contribution is 5.85. The molecule has 0 aromatic heterocycles. The van der Waals surface area contributed by atoms with E-state index < -0.39 is 5.60 Å². The Hall–Kier alpha value is 0.250. The Labute approximate surface area is 44.8 Å². The Bertz CT molecular complexity index is 23.0. The van der Waals surface area contributed by atoms with Crippen molar-refractivity contribution < 1.29 is 5.11 Å². The molecule has 0 aliphatic rings. The van der Waals surface area contributed by atoms with Gasteiger partial charge in [-0.15, -0.1) is 12.4 Å². The third kappa shape index (κ3) is 718. The predicted molar refractivity (Wildman–Crippen MR) is 29.2 cm³/mol. The van der Waals surface area contributed by atoms with Gasteiger partial charge in [0, 0.05) is 0 Å². The van der Waals surface area contributed by atoms with Crippen LogP contribution in [0.1, 0.15) is 20.8 Å². The lowest BCUT2D eigenvalue weighted by molar-refractivity contribution is 0.102. The molecule has 0 aliphatic carbocycles. The maximum atomic E-state index is 8.52. The van der Waals surface area contributed by atoms with E-state index in [0.29, 0.717) is 0 Å². The van der Waals surface area contributed by atoms with E-state index in [9.17, 15) is 0 Å². The van der Waals surface area contributed by atoms with Crippen LogP contribution in [0.3, 0.4) is 0 Å². The van der Waals surface area contributed by atoms with Gasteiger partial charge in [0.05, 0.1) is 5.60 Å². The largest absolute Gasteiger partial charge is 0.391 e. The van der Waals surface area contributed by atoms with Crippen LogP contribution in [0.2, 0.25) is 0 Å². The number of rotatable bonds is 0. The molecular formula is C4H11ClO. The summed E-state index contributed by atoms with van der Waals surface area (Å²) in [6.07, 6.45) is 0. The molecule has 0 atom stereocenters. The van der Waals surface area contributed by atoms with Gasteiger partial charge in [0.1, 0.15) is 0 Å². The van der Waals surface area contributed by atoms with Gasteiger partial charge in [-0.2, -0.15) is 0 Å². The molecule has 0 spiro atoms. The molecule has 0 saturated heterocycles. The zero-order valence-corrected chi connectivity index (χ0v) is 5.17. The summed E-state index contributed by atoms with van der Waals surface area (Å²) in [6, 6.07) is 0. The zero-order chi connectivity index (χ0) is 4.50. The minimum absolute atomic E-state index is 0. The van der Waals surface area contributed by atoms with Crippen molar-refractivity contribution in [2.45, 2.75) is 26.4 Å². The average molecular weight is 111 g/mol. The van der Waals surface area contributed by atoms with Crippen LogP contribution in [0.25, 0.3) is 0 Å². The fraction of sp³-hybridized carbons (Fsp3) is 1.00. The van der Waals surface area contributed by atoms with E-state index in [2.05, 4.69) is 0 Å². The predicted octanol–water partition coefficient (Wildman–Crippen LogP) is 1.20. The van der Waals surface area contributed by atoms with Crippen LogP contribution in [0.4, 0.5) is 0 Å². The van der Waals surface area contributed by atoms with Gasteiger partial charge in [-0.3, -0.25) is 0 Å². The molecule has 0 radical (unpaired) electrons. The van der Waals surface area contributed by atoms with Crippen LogP contribution in [0.5, 0.6) is 0 Å². The monoisotopic (exact) mass is 110 g/mol. The van der Waals surface area contributed by atoms with Gasteiger partial charge in [0.15, 0.2) is 0 Å². The second-order valence-corrected chi connectivity index (χ2v) is 2.17. The van der Waals surface area contributed by atoms with Crippen molar-refractivity contribution in [1.29, 1.82) is 0 Å². The van der Waals surface area contributed by atoms with Gasteiger partial charge in [-0.05, 0) is 20.8 Å². The Morgan fingerprint density at radius 2 is 1.17 bits per heavy atom. The normalized spacial score (nSPS) is 10.0. The molecule has 0 amide bonds. The van der Waals surface area contributed by atoms with Crippen molar-refractivity contribution >= 4 is 12.4 Å². The minimum atomic E-state index is -0.500. The number of hydrogen-bond acceptors (Lipinski definition) is 1. The van der Waals surface area contributed by atoms with E-state index in [4.69, 9.17) is 5.11 Å². The quantitative estimate of drug-likeness (QED) is 0.497. The van der Waals surface area contributed by atoms with Crippen molar-refractivity contribution in [3.05, 3.63) is 0 Å². The number of hydrogen-bond donors (Lipinski definition) is 1. The lowest BCUT2D eigenvalue weighted by atomic mass is 10.2. The second-order valence-electron chi connectivity index (χ2n) is 2.17. The highest BCUT2D eigenvalue weighted by atomic mass is 35.5. The molecule has 0 heterocycles. The van der Waals surface area contributed by atoms with E-state index in [1.165, 1.54) is 0 Å². The lowest BCUT2D eigenvalue weighted by Crippen LogP contribution is -2.10. The molecule has 0 aromatic rings. The molecule has 0 unspecified atom stereocenters. The second kappa shape index (κ2) is 2.43. The van der Waals surface area contributed by atoms with Crippen molar-refractivity contribution in [3.63, 3.8) is 0 Å². The van der Waals surface area contributed by atoms with E-state index in [-0.39, 0.29) is 12.4 Å². The Morgan fingerprint density at radius 1 is 1.17 bits per heavy atom. The summed E-state index contributed by atoms with van der Waals surface area (Å²) >= 11 is 0. The summed E-state index contributed by atoms with van der Waals surface area (Å²) in [5.41, 5.74) is -0.500. The molecular weight excluding hydrogens is 99.5 g/mol. The van der Waals surface area contributed by atoms with Crippen molar-refractivity contribution in [1.82, 2.24) is 0 Å². The van der Waals surface area contributed by atoms with Crippen LogP contribution in [-0.4, -0.2) is 10.7 Å². The first-order valence-electron chi connectivity index (χ1n) is 1.72. The average Bonchev–Trinajstić information content (AvgIpc) is 0.722. The molecule has 40 valence electrons. The molecule has 6 heavy (non-hydrogen) atoms. The number of halogens is 1. The fourth-order valence-corrected chi connectivity index (χ4v) is 0.